The zero-order chi connectivity index (χ0) is 21.0. The predicted molar refractivity (Wildman–Crippen MR) is 133 cm³/mol. The Morgan fingerprint density at radius 1 is 0.621 bits per heavy atom. The highest BCUT2D eigenvalue weighted by atomic mass is 79.9. The van der Waals surface area contributed by atoms with Crippen molar-refractivity contribution in [3.63, 3.8) is 0 Å². The molecule has 0 fully saturated rings. The van der Waals surface area contributed by atoms with E-state index in [1.54, 1.807) is 0 Å². The zero-order valence-electron chi connectivity index (χ0n) is 17.6. The summed E-state index contributed by atoms with van der Waals surface area (Å²) in [5.74, 6) is 0.925. The molecule has 0 unspecified atom stereocenters. The molecule has 152 valence electrons. The van der Waals surface area contributed by atoms with Crippen LogP contribution in [0, 0.1) is 0 Å². The average molecular weight is 515 g/mol. The number of halogens is 2. The fourth-order valence-corrected chi connectivity index (χ4v) is 4.58. The van der Waals surface area contributed by atoms with Crippen molar-refractivity contribution in [2.24, 2.45) is 0 Å². The largest absolute Gasteiger partial charge is 0.362 e. The summed E-state index contributed by atoms with van der Waals surface area (Å²) in [4.78, 5) is 2.55. The molecular weight excluding hydrogens is 486 g/mol. The van der Waals surface area contributed by atoms with Gasteiger partial charge in [-0.25, -0.2) is 0 Å². The molecule has 0 aliphatic heterocycles. The number of rotatable bonds is 7. The molecule has 0 bridgehead atoms. The van der Waals surface area contributed by atoms with E-state index in [0.717, 1.165) is 22.0 Å². The van der Waals surface area contributed by atoms with Crippen molar-refractivity contribution in [1.29, 1.82) is 0 Å². The van der Waals surface area contributed by atoms with Crippen LogP contribution >= 0.6 is 31.9 Å². The smallest absolute Gasteiger partial charge is 0.0444 e. The molecule has 0 radical (unpaired) electrons. The Morgan fingerprint density at radius 2 is 1.03 bits per heavy atom. The molecular formula is C26H29Br2N. The maximum atomic E-state index is 3.76. The summed E-state index contributed by atoms with van der Waals surface area (Å²) in [6.45, 7) is 10.9. The molecule has 1 nitrogen and oxygen atoms in total. The van der Waals surface area contributed by atoms with E-state index in [-0.39, 0.29) is 0 Å². The van der Waals surface area contributed by atoms with E-state index in [9.17, 15) is 0 Å². The van der Waals surface area contributed by atoms with Crippen LogP contribution in [-0.4, -0.2) is 0 Å². The first-order valence-corrected chi connectivity index (χ1v) is 11.8. The van der Waals surface area contributed by atoms with Gasteiger partial charge in [0, 0.05) is 27.7 Å². The second kappa shape index (κ2) is 9.95. The number of benzene rings is 3. The van der Waals surface area contributed by atoms with Crippen LogP contribution in [0.5, 0.6) is 0 Å². The summed E-state index contributed by atoms with van der Waals surface area (Å²) >= 11 is 7.51. The topological polar surface area (TPSA) is 3.24 Å². The minimum absolute atomic E-state index is 0.463. The summed E-state index contributed by atoms with van der Waals surface area (Å²) in [7, 11) is 0. The van der Waals surface area contributed by atoms with Gasteiger partial charge in [0.1, 0.15) is 0 Å². The van der Waals surface area contributed by atoms with E-state index < -0.39 is 0 Å². The molecule has 0 saturated heterocycles. The molecule has 0 heterocycles. The number of hydrogen-bond donors (Lipinski definition) is 0. The van der Waals surface area contributed by atoms with Gasteiger partial charge in [-0.3, -0.25) is 0 Å². The van der Waals surface area contributed by atoms with Crippen LogP contribution in [0.1, 0.15) is 61.8 Å². The predicted octanol–water partition coefficient (Wildman–Crippen LogP) is 8.67. The third-order valence-corrected chi connectivity index (χ3v) is 6.84. The van der Waals surface area contributed by atoms with Gasteiger partial charge >= 0.3 is 0 Å². The molecule has 3 rings (SSSR count). The highest BCUT2D eigenvalue weighted by Crippen LogP contribution is 2.38. The molecule has 0 atom stereocenters. The molecule has 0 aliphatic rings. The highest BCUT2D eigenvalue weighted by Gasteiger charge is 2.21. The Morgan fingerprint density at radius 3 is 1.41 bits per heavy atom. The average Bonchev–Trinajstić information content (AvgIpc) is 2.70. The van der Waals surface area contributed by atoms with Crippen molar-refractivity contribution in [3.05, 3.63) is 97.9 Å². The lowest BCUT2D eigenvalue weighted by molar-refractivity contribution is 0.748. The van der Waals surface area contributed by atoms with Gasteiger partial charge in [0.15, 0.2) is 0 Å². The van der Waals surface area contributed by atoms with Crippen LogP contribution in [0.4, 0.5) is 5.69 Å². The maximum Gasteiger partial charge on any atom is 0.0444 e. The third kappa shape index (κ3) is 5.32. The van der Waals surface area contributed by atoms with Crippen molar-refractivity contribution < 1.29 is 0 Å². The molecule has 29 heavy (non-hydrogen) atoms. The Hall–Kier alpha value is -1.58. The van der Waals surface area contributed by atoms with Gasteiger partial charge in [0.2, 0.25) is 0 Å². The monoisotopic (exact) mass is 513 g/mol. The summed E-state index contributed by atoms with van der Waals surface area (Å²) in [5.41, 5.74) is 6.80. The van der Waals surface area contributed by atoms with E-state index in [2.05, 4.69) is 131 Å². The molecule has 0 spiro atoms. The van der Waals surface area contributed by atoms with Crippen LogP contribution < -0.4 is 4.90 Å². The van der Waals surface area contributed by atoms with Crippen LogP contribution in [0.25, 0.3) is 0 Å². The van der Waals surface area contributed by atoms with E-state index in [1.165, 1.54) is 27.9 Å². The van der Waals surface area contributed by atoms with Crippen molar-refractivity contribution >= 4 is 37.5 Å². The minimum atomic E-state index is 0.463. The molecule has 0 saturated carbocycles. The Bertz CT molecular complexity index is 889. The Balaban J connectivity index is 2.15. The molecule has 0 N–H and O–H groups in total. The molecule has 0 amide bonds. The number of para-hydroxylation sites is 1. The standard InChI is InChI=1S/C26H29Br2N/c1-18(2)22-12-9-13-23(19(3)4)26(22)29(16-20-10-5-7-14-24(20)27)17-21-11-6-8-15-25(21)28/h5-15,18-19H,16-17H2,1-4H3. The van der Waals surface area contributed by atoms with E-state index in [4.69, 9.17) is 0 Å². The van der Waals surface area contributed by atoms with Crippen molar-refractivity contribution in [2.75, 3.05) is 4.90 Å². The first-order valence-electron chi connectivity index (χ1n) is 10.2. The van der Waals surface area contributed by atoms with Gasteiger partial charge in [-0.15, -0.1) is 0 Å². The molecule has 3 aromatic carbocycles. The minimum Gasteiger partial charge on any atom is -0.362 e. The summed E-state index contributed by atoms with van der Waals surface area (Å²) in [5, 5.41) is 0. The maximum absolute atomic E-state index is 3.76. The normalized spacial score (nSPS) is 11.3. The first kappa shape index (κ1) is 22.1. The molecule has 3 aromatic rings. The molecule has 3 heteroatoms. The quantitative estimate of drug-likeness (QED) is 0.304. The third-order valence-electron chi connectivity index (χ3n) is 5.30. The summed E-state index contributed by atoms with van der Waals surface area (Å²) in [6.07, 6.45) is 0. The second-order valence-corrected chi connectivity index (χ2v) is 9.84. The first-order chi connectivity index (χ1) is 13.9. The fourth-order valence-electron chi connectivity index (χ4n) is 3.76. The lowest BCUT2D eigenvalue weighted by atomic mass is 9.91. The van der Waals surface area contributed by atoms with Gasteiger partial charge in [-0.1, -0.05) is 114 Å². The van der Waals surface area contributed by atoms with Gasteiger partial charge in [0.25, 0.3) is 0 Å². The highest BCUT2D eigenvalue weighted by molar-refractivity contribution is 9.10. The fraction of sp³-hybridized carbons (Fsp3) is 0.308. The SMILES string of the molecule is CC(C)c1cccc(C(C)C)c1N(Cc1ccccc1Br)Cc1ccccc1Br. The molecule has 0 aromatic heterocycles. The van der Waals surface area contributed by atoms with Gasteiger partial charge in [0.05, 0.1) is 0 Å². The van der Waals surface area contributed by atoms with E-state index >= 15 is 0 Å². The zero-order valence-corrected chi connectivity index (χ0v) is 20.8. The van der Waals surface area contributed by atoms with Gasteiger partial charge in [-0.05, 0) is 46.2 Å². The van der Waals surface area contributed by atoms with Crippen molar-refractivity contribution in [1.82, 2.24) is 0 Å². The van der Waals surface area contributed by atoms with Crippen molar-refractivity contribution in [3.8, 4) is 0 Å². The lowest BCUT2D eigenvalue weighted by Gasteiger charge is -2.32. The van der Waals surface area contributed by atoms with E-state index in [0.29, 0.717) is 11.8 Å². The molecule has 0 aliphatic carbocycles. The number of anilines is 1. The van der Waals surface area contributed by atoms with Crippen molar-refractivity contribution in [2.45, 2.75) is 52.6 Å². The van der Waals surface area contributed by atoms with Crippen LogP contribution in [-0.2, 0) is 13.1 Å². The number of hydrogen-bond acceptors (Lipinski definition) is 1. The van der Waals surface area contributed by atoms with Gasteiger partial charge in [-0.2, -0.15) is 0 Å². The number of nitrogens with zero attached hydrogens (tertiary/aromatic N) is 1. The Labute approximate surface area is 192 Å². The second-order valence-electron chi connectivity index (χ2n) is 8.13. The van der Waals surface area contributed by atoms with Crippen LogP contribution in [0.3, 0.4) is 0 Å². The van der Waals surface area contributed by atoms with Crippen LogP contribution in [0.2, 0.25) is 0 Å². The lowest BCUT2D eigenvalue weighted by Crippen LogP contribution is -2.25. The summed E-state index contributed by atoms with van der Waals surface area (Å²) < 4.78 is 2.32. The van der Waals surface area contributed by atoms with Gasteiger partial charge < -0.3 is 4.90 Å². The Kier molecular flexibility index (Phi) is 7.59. The van der Waals surface area contributed by atoms with E-state index in [1.807, 2.05) is 0 Å². The van der Waals surface area contributed by atoms with Crippen LogP contribution in [0.15, 0.2) is 75.7 Å². The summed E-state index contributed by atoms with van der Waals surface area (Å²) in [6, 6.07) is 23.9.